The predicted octanol–water partition coefficient (Wildman–Crippen LogP) is 29.9. The summed E-state index contributed by atoms with van der Waals surface area (Å²) in [7, 11) is 0. The normalized spacial score (nSPS) is 22.6. The van der Waals surface area contributed by atoms with E-state index in [4.69, 9.17) is 0 Å². The summed E-state index contributed by atoms with van der Waals surface area (Å²) in [5.74, 6) is 6.95. The molecule has 10 aliphatic rings. The molecule has 8 saturated carbocycles. The number of nitrogens with zero attached hydrogens (tertiary/aromatic N) is 3. The second kappa shape index (κ2) is 26.2. The van der Waals surface area contributed by atoms with Crippen LogP contribution in [0.1, 0.15) is 86.5 Å². The largest absolute Gasteiger partial charge is 0.310 e. The lowest BCUT2D eigenvalue weighted by atomic mass is 9.43. The molecule has 0 aliphatic heterocycles. The van der Waals surface area contributed by atoms with Crippen LogP contribution in [-0.4, -0.2) is 4.57 Å². The fourth-order valence-electron chi connectivity index (χ4n) is 25.0. The summed E-state index contributed by atoms with van der Waals surface area (Å²) in [5, 5.41) is 5.20. The van der Waals surface area contributed by atoms with Crippen LogP contribution in [0.15, 0.2) is 358 Å². The second-order valence-corrected chi connectivity index (χ2v) is 35.7. The number of aromatic nitrogens is 1. The minimum Gasteiger partial charge on any atom is -0.310 e. The number of hydrogen-bond acceptors (Lipinski definition) is 3. The van der Waals surface area contributed by atoms with Crippen molar-refractivity contribution in [2.24, 2.45) is 47.3 Å². The third-order valence-electron chi connectivity index (χ3n) is 29.1. The molecule has 8 bridgehead atoms. The number of thiophene rings is 1. The maximum Gasteiger partial charge on any atom is 0.0541 e. The Morgan fingerprint density at radius 2 is 0.588 bits per heavy atom. The van der Waals surface area contributed by atoms with Crippen LogP contribution in [0.3, 0.4) is 0 Å². The van der Waals surface area contributed by atoms with Crippen LogP contribution in [0, 0.1) is 47.3 Å². The van der Waals surface area contributed by atoms with E-state index in [-0.39, 0.29) is 10.8 Å². The highest BCUT2D eigenvalue weighted by atomic mass is 32.1. The lowest BCUT2D eigenvalue weighted by Gasteiger charge is -2.61. The molecule has 0 radical (unpaired) electrons. The van der Waals surface area contributed by atoms with E-state index < -0.39 is 0 Å². The first-order chi connectivity index (χ1) is 56.4. The smallest absolute Gasteiger partial charge is 0.0541 e. The molecule has 0 amide bonds. The fourth-order valence-corrected chi connectivity index (χ4v) is 26.1. The van der Waals surface area contributed by atoms with Gasteiger partial charge in [0.1, 0.15) is 0 Å². The van der Waals surface area contributed by atoms with Crippen LogP contribution >= 0.6 is 11.3 Å². The molecule has 0 atom stereocenters. The van der Waals surface area contributed by atoms with Gasteiger partial charge in [-0.2, -0.15) is 0 Å². The molecule has 2 aromatic heterocycles. The fraction of sp³-hybridized carbons (Fsp3) is 0.182. The van der Waals surface area contributed by atoms with Gasteiger partial charge in [-0.05, 0) is 293 Å². The molecule has 0 unspecified atom stereocenters. The summed E-state index contributed by atoms with van der Waals surface area (Å²) >= 11 is 1.88. The molecule has 4 heteroatoms. The molecule has 0 N–H and O–H groups in total. The first-order valence-corrected chi connectivity index (χ1v) is 42.8. The topological polar surface area (TPSA) is 11.4 Å². The Balaban J connectivity index is 0.000000132. The number of benzene rings is 15. The highest BCUT2D eigenvalue weighted by Crippen LogP contribution is 2.71. The van der Waals surface area contributed by atoms with Crippen LogP contribution < -0.4 is 9.80 Å². The lowest BCUT2D eigenvalue weighted by molar-refractivity contribution is -0.0399. The lowest BCUT2D eigenvalue weighted by Crippen LogP contribution is -2.55. The zero-order valence-corrected chi connectivity index (χ0v) is 64.8. The first kappa shape index (κ1) is 66.5. The quantitative estimate of drug-likeness (QED) is 0.128. The van der Waals surface area contributed by atoms with Gasteiger partial charge in [-0.25, -0.2) is 0 Å². The highest BCUT2D eigenvalue weighted by Gasteiger charge is 2.63. The molecule has 15 aromatic carbocycles. The van der Waals surface area contributed by atoms with E-state index in [0.717, 1.165) is 75.8 Å². The van der Waals surface area contributed by atoms with Gasteiger partial charge in [0.25, 0.3) is 0 Å². The Morgan fingerprint density at radius 3 is 1.06 bits per heavy atom. The van der Waals surface area contributed by atoms with Gasteiger partial charge < -0.3 is 14.4 Å². The number of hydrogen-bond donors (Lipinski definition) is 0. The number of anilines is 6. The Hall–Kier alpha value is -12.1. The van der Waals surface area contributed by atoms with Gasteiger partial charge in [-0.15, -0.1) is 11.3 Å². The van der Waals surface area contributed by atoms with Crippen molar-refractivity contribution in [2.75, 3.05) is 9.80 Å². The zero-order chi connectivity index (χ0) is 74.7. The molecule has 3 nitrogen and oxygen atoms in total. The number of para-hydroxylation sites is 4. The third kappa shape index (κ3) is 10.2. The molecule has 548 valence electrons. The van der Waals surface area contributed by atoms with Crippen LogP contribution in [0.5, 0.6) is 0 Å². The van der Waals surface area contributed by atoms with Crippen molar-refractivity contribution in [1.82, 2.24) is 4.57 Å². The zero-order valence-electron chi connectivity index (χ0n) is 64.0. The maximum atomic E-state index is 2.55. The van der Waals surface area contributed by atoms with Gasteiger partial charge in [0.05, 0.1) is 22.4 Å². The van der Waals surface area contributed by atoms with Gasteiger partial charge in [-0.3, -0.25) is 0 Å². The van der Waals surface area contributed by atoms with Crippen molar-refractivity contribution in [3.63, 3.8) is 0 Å². The van der Waals surface area contributed by atoms with Gasteiger partial charge >= 0.3 is 0 Å². The van der Waals surface area contributed by atoms with E-state index in [9.17, 15) is 0 Å². The Morgan fingerprint density at radius 1 is 0.237 bits per heavy atom. The SMILES string of the molecule is c1ccc(-c2ccccc2N(c2ccc(-c3ccc4c(c3)-c3ccccc3C43C4CC5CC(C4)CC3C5)cc2)c2ccc(-n3c4ccccc4c4ccccc43)cc2)cc1.c1ccc(-c2ccccc2N(c2ccc(-c3ccc4c(c3)-c3ccccc3C43C4CC5CC(C4)CC3C5)cc2)c2ccc3c(c2)sc2ccccc23)cc1. The van der Waals surface area contributed by atoms with Crippen LogP contribution in [0.4, 0.5) is 34.1 Å². The molecular weight excluding hydrogens is 1400 g/mol. The van der Waals surface area contributed by atoms with Crippen molar-refractivity contribution in [2.45, 2.75) is 75.0 Å². The molecule has 0 saturated heterocycles. The summed E-state index contributed by atoms with van der Waals surface area (Å²) in [6, 6.07) is 134. The number of rotatable bonds is 11. The van der Waals surface area contributed by atoms with E-state index in [2.05, 4.69) is 372 Å². The van der Waals surface area contributed by atoms with Crippen LogP contribution in [-0.2, 0) is 10.8 Å². The van der Waals surface area contributed by atoms with E-state index in [0.29, 0.717) is 0 Å². The summed E-state index contributed by atoms with van der Waals surface area (Å²) in [5.41, 5.74) is 33.2. The van der Waals surface area contributed by atoms with Crippen molar-refractivity contribution >= 4 is 87.4 Å². The minimum absolute atomic E-state index is 0.200. The molecule has 2 spiro atoms. The molecule has 114 heavy (non-hydrogen) atoms. The van der Waals surface area contributed by atoms with Crippen molar-refractivity contribution < 1.29 is 0 Å². The minimum atomic E-state index is 0.200. The Kier molecular flexibility index (Phi) is 15.3. The van der Waals surface area contributed by atoms with E-state index >= 15 is 0 Å². The Labute approximate surface area is 672 Å². The number of fused-ring (bicyclic) bond motifs is 12. The van der Waals surface area contributed by atoms with E-state index in [1.165, 1.54) is 184 Å². The second-order valence-electron chi connectivity index (χ2n) is 34.7. The first-order valence-electron chi connectivity index (χ1n) is 42.0. The maximum absolute atomic E-state index is 2.55. The van der Waals surface area contributed by atoms with Crippen molar-refractivity contribution in [1.29, 1.82) is 0 Å². The average Bonchev–Trinajstić information content (AvgIpc) is 1.50. The molecule has 8 fully saturated rings. The molecule has 27 rings (SSSR count). The summed E-state index contributed by atoms with van der Waals surface area (Å²) in [6.45, 7) is 0. The monoisotopic (exact) mass is 1480 g/mol. The highest BCUT2D eigenvalue weighted by molar-refractivity contribution is 7.25. The van der Waals surface area contributed by atoms with Gasteiger partial charge in [0.15, 0.2) is 0 Å². The third-order valence-corrected chi connectivity index (χ3v) is 30.2. The van der Waals surface area contributed by atoms with Gasteiger partial charge in [0, 0.05) is 81.3 Å². The van der Waals surface area contributed by atoms with Crippen LogP contribution in [0.2, 0.25) is 0 Å². The summed E-state index contributed by atoms with van der Waals surface area (Å²) in [6.07, 6.45) is 14.3. The van der Waals surface area contributed by atoms with E-state index in [1.807, 2.05) is 11.3 Å². The van der Waals surface area contributed by atoms with E-state index in [1.54, 1.807) is 22.3 Å². The predicted molar refractivity (Wildman–Crippen MR) is 478 cm³/mol. The van der Waals surface area contributed by atoms with Gasteiger partial charge in [-0.1, -0.05) is 255 Å². The standard InChI is InChI=1S/C58H46N2.C52H41NS/c1-2-12-41(13-3-1)48-14-5-9-19-55(48)59(46-27-29-47(30-28-46)60-56-20-10-6-16-50(56)51-17-7-11-21-57(51)60)45-25-22-40(23-26-45)42-24-31-54-52(37-42)49-15-4-8-18-53(49)58(54)43-33-38-32-39(35-43)36-44(58)34-38;1-2-10-36(11-3-1)42-12-5-8-16-49(42)53(41-23-24-45-44-14-6-9-17-50(44)54-51(45)32-41)40-21-18-35(19-22-40)37-20-25-48-46(31-37)43-13-4-7-15-47(43)52(48)38-27-33-26-34(29-38)30-39(52)28-33/h1-31,37-39,43-44H,32-36H2;1-25,31-34,38-39H,26-30H2. The molecule has 17 aromatic rings. The summed E-state index contributed by atoms with van der Waals surface area (Å²) < 4.78 is 5.03. The Bertz CT molecular complexity index is 6530. The average molecular weight is 1480 g/mol. The van der Waals surface area contributed by atoms with Crippen LogP contribution in [0.25, 0.3) is 114 Å². The van der Waals surface area contributed by atoms with Crippen molar-refractivity contribution in [3.05, 3.63) is 380 Å². The molecule has 2 heterocycles. The van der Waals surface area contributed by atoms with Gasteiger partial charge in [0.2, 0.25) is 0 Å². The van der Waals surface area contributed by atoms with Crippen molar-refractivity contribution in [3.8, 4) is 72.4 Å². The molecule has 10 aliphatic carbocycles. The summed E-state index contributed by atoms with van der Waals surface area (Å²) in [4.78, 5) is 4.88. The molecular formula is C110H87N3S.